The lowest BCUT2D eigenvalue weighted by Crippen LogP contribution is -1.76. The minimum absolute atomic E-state index is 0.983. The smallest absolute Gasteiger partial charge is 0.0701 e. The molecule has 4 aromatic rings. The Balaban J connectivity index is 0.000000149. The second-order valence-corrected chi connectivity index (χ2v) is 5.19. The predicted molar refractivity (Wildman–Crippen MR) is 101 cm³/mol. The summed E-state index contributed by atoms with van der Waals surface area (Å²) in [6.45, 7) is 0. The topological polar surface area (TPSA) is 25.8 Å². The van der Waals surface area contributed by atoms with Crippen LogP contribution in [0.4, 0.5) is 0 Å². The molecule has 24 heavy (non-hydrogen) atoms. The summed E-state index contributed by atoms with van der Waals surface area (Å²) in [5.41, 5.74) is 3.24. The number of pyridine rings is 2. The second kappa shape index (κ2) is 8.39. The molecule has 116 valence electrons. The largest absolute Gasteiger partial charge is 0.257 e. The molecule has 0 radical (unpaired) electrons. The Labute approximate surface area is 142 Å². The molecule has 2 aromatic carbocycles. The minimum atomic E-state index is 0.983. The van der Waals surface area contributed by atoms with Crippen LogP contribution in [0.2, 0.25) is 0 Å². The predicted octanol–water partition coefficient (Wildman–Crippen LogP) is 5.49. The van der Waals surface area contributed by atoms with Gasteiger partial charge in [-0.1, -0.05) is 66.7 Å². The highest BCUT2D eigenvalue weighted by molar-refractivity contribution is 5.77. The average molecular weight is 310 g/mol. The summed E-state index contributed by atoms with van der Waals surface area (Å²) in [6.07, 6.45) is 7.67. The quantitative estimate of drug-likeness (QED) is 0.489. The molecule has 0 unspecified atom stereocenters. The highest BCUT2D eigenvalue weighted by Gasteiger charge is 1.87. The third-order valence-corrected chi connectivity index (χ3v) is 3.45. The summed E-state index contributed by atoms with van der Waals surface area (Å²) in [4.78, 5) is 8.39. The average Bonchev–Trinajstić information content (AvgIpc) is 2.69. The van der Waals surface area contributed by atoms with Crippen molar-refractivity contribution in [2.75, 3.05) is 0 Å². The molecular formula is C22H18N2. The zero-order valence-electron chi connectivity index (χ0n) is 13.3. The molecule has 2 aromatic heterocycles. The number of nitrogens with zero attached hydrogens (tertiary/aromatic N) is 2. The first kappa shape index (κ1) is 15.6. The summed E-state index contributed by atoms with van der Waals surface area (Å²) in [7, 11) is 0. The van der Waals surface area contributed by atoms with Gasteiger partial charge in [0.15, 0.2) is 0 Å². The van der Waals surface area contributed by atoms with Gasteiger partial charge in [0.05, 0.1) is 11.2 Å². The molecule has 2 heterocycles. The van der Waals surface area contributed by atoms with Crippen LogP contribution in [0.3, 0.4) is 0 Å². The Bertz CT molecular complexity index is 793. The number of benzene rings is 2. The van der Waals surface area contributed by atoms with Crippen molar-refractivity contribution >= 4 is 23.1 Å². The summed E-state index contributed by atoms with van der Waals surface area (Å²) in [5, 5.41) is 1.20. The lowest BCUT2D eigenvalue weighted by molar-refractivity contribution is 1.30. The maximum Gasteiger partial charge on any atom is 0.0701 e. The van der Waals surface area contributed by atoms with Crippen molar-refractivity contribution in [3.05, 3.63) is 109 Å². The number of rotatable bonds is 2. The van der Waals surface area contributed by atoms with Crippen molar-refractivity contribution in [1.82, 2.24) is 9.97 Å². The van der Waals surface area contributed by atoms with Gasteiger partial charge in [-0.2, -0.15) is 0 Å². The standard InChI is InChI=1S/C13H11N.C9H7N/c1-2-6-12(7-3-1)9-10-13-8-4-5-11-14-13;1-2-6-9-8(4-1)5-3-7-10-9/h1-11H;1-7H. The van der Waals surface area contributed by atoms with E-state index in [1.54, 1.807) is 6.20 Å². The third-order valence-electron chi connectivity index (χ3n) is 3.45. The normalized spacial score (nSPS) is 10.3. The lowest BCUT2D eigenvalue weighted by atomic mass is 10.2. The molecule has 0 saturated carbocycles. The van der Waals surface area contributed by atoms with Crippen molar-refractivity contribution in [2.24, 2.45) is 0 Å². The molecule has 0 N–H and O–H groups in total. The maximum absolute atomic E-state index is 4.21. The highest BCUT2D eigenvalue weighted by Crippen LogP contribution is 2.08. The van der Waals surface area contributed by atoms with Gasteiger partial charge in [-0.05, 0) is 35.9 Å². The molecular weight excluding hydrogens is 292 g/mol. The van der Waals surface area contributed by atoms with Crippen LogP contribution in [0.1, 0.15) is 11.3 Å². The monoisotopic (exact) mass is 310 g/mol. The first-order valence-electron chi connectivity index (χ1n) is 7.86. The zero-order chi connectivity index (χ0) is 16.5. The van der Waals surface area contributed by atoms with Crippen LogP contribution in [0.5, 0.6) is 0 Å². The van der Waals surface area contributed by atoms with E-state index in [9.17, 15) is 0 Å². The van der Waals surface area contributed by atoms with E-state index in [0.717, 1.165) is 11.2 Å². The minimum Gasteiger partial charge on any atom is -0.257 e. The molecule has 0 aliphatic rings. The molecule has 0 bridgehead atoms. The summed E-state index contributed by atoms with van der Waals surface area (Å²) >= 11 is 0. The van der Waals surface area contributed by atoms with Crippen LogP contribution in [0.25, 0.3) is 23.1 Å². The highest BCUT2D eigenvalue weighted by atomic mass is 14.6. The van der Waals surface area contributed by atoms with Crippen molar-refractivity contribution in [2.45, 2.75) is 0 Å². The van der Waals surface area contributed by atoms with E-state index < -0.39 is 0 Å². The van der Waals surface area contributed by atoms with Gasteiger partial charge in [-0.15, -0.1) is 0 Å². The van der Waals surface area contributed by atoms with E-state index in [-0.39, 0.29) is 0 Å². The van der Waals surface area contributed by atoms with Gasteiger partial charge in [0.1, 0.15) is 0 Å². The van der Waals surface area contributed by atoms with Gasteiger partial charge >= 0.3 is 0 Å². The van der Waals surface area contributed by atoms with E-state index in [1.165, 1.54) is 10.9 Å². The van der Waals surface area contributed by atoms with E-state index in [0.29, 0.717) is 0 Å². The summed E-state index contributed by atoms with van der Waals surface area (Å²) < 4.78 is 0. The number of aromatic nitrogens is 2. The molecule has 0 atom stereocenters. The number of para-hydroxylation sites is 1. The molecule has 0 aliphatic heterocycles. The van der Waals surface area contributed by atoms with E-state index in [4.69, 9.17) is 0 Å². The lowest BCUT2D eigenvalue weighted by Gasteiger charge is -1.92. The SMILES string of the molecule is C(=Cc1ccccn1)c1ccccc1.c1ccc2ncccc2c1. The van der Waals surface area contributed by atoms with Crippen LogP contribution >= 0.6 is 0 Å². The van der Waals surface area contributed by atoms with Gasteiger partial charge in [0.2, 0.25) is 0 Å². The second-order valence-electron chi connectivity index (χ2n) is 5.19. The molecule has 2 heteroatoms. The van der Waals surface area contributed by atoms with E-state index >= 15 is 0 Å². The number of fused-ring (bicyclic) bond motifs is 1. The molecule has 0 spiro atoms. The Hall–Kier alpha value is -3.26. The van der Waals surface area contributed by atoms with Crippen LogP contribution in [-0.2, 0) is 0 Å². The van der Waals surface area contributed by atoms with Gasteiger partial charge in [-0.25, -0.2) is 0 Å². The Morgan fingerprint density at radius 1 is 0.542 bits per heavy atom. The van der Waals surface area contributed by atoms with Crippen LogP contribution in [0.15, 0.2) is 97.3 Å². The molecule has 0 aliphatic carbocycles. The van der Waals surface area contributed by atoms with E-state index in [1.807, 2.05) is 72.9 Å². The van der Waals surface area contributed by atoms with Crippen molar-refractivity contribution in [1.29, 1.82) is 0 Å². The van der Waals surface area contributed by atoms with Crippen LogP contribution in [-0.4, -0.2) is 9.97 Å². The molecule has 2 nitrogen and oxygen atoms in total. The van der Waals surface area contributed by atoms with Gasteiger partial charge in [0.25, 0.3) is 0 Å². The Kier molecular flexibility index (Phi) is 5.47. The fraction of sp³-hybridized carbons (Fsp3) is 0. The first-order valence-corrected chi connectivity index (χ1v) is 7.86. The van der Waals surface area contributed by atoms with Gasteiger partial charge in [-0.3, -0.25) is 9.97 Å². The fourth-order valence-corrected chi connectivity index (χ4v) is 2.24. The van der Waals surface area contributed by atoms with Crippen molar-refractivity contribution in [3.8, 4) is 0 Å². The van der Waals surface area contributed by atoms with Crippen LogP contribution in [0, 0.1) is 0 Å². The number of hydrogen-bond donors (Lipinski definition) is 0. The van der Waals surface area contributed by atoms with Crippen LogP contribution < -0.4 is 0 Å². The Morgan fingerprint density at radius 2 is 1.25 bits per heavy atom. The van der Waals surface area contributed by atoms with E-state index in [2.05, 4.69) is 40.3 Å². The number of hydrogen-bond acceptors (Lipinski definition) is 2. The Morgan fingerprint density at radius 3 is 2.04 bits per heavy atom. The fourth-order valence-electron chi connectivity index (χ4n) is 2.24. The summed E-state index contributed by atoms with van der Waals surface area (Å²) in [5.74, 6) is 0. The molecule has 0 saturated heterocycles. The summed E-state index contributed by atoms with van der Waals surface area (Å²) in [6, 6.07) is 28.2. The first-order chi connectivity index (χ1) is 11.9. The van der Waals surface area contributed by atoms with Crippen molar-refractivity contribution < 1.29 is 0 Å². The zero-order valence-corrected chi connectivity index (χ0v) is 13.3. The molecule has 0 amide bonds. The van der Waals surface area contributed by atoms with Crippen molar-refractivity contribution in [3.63, 3.8) is 0 Å². The van der Waals surface area contributed by atoms with Gasteiger partial charge in [0, 0.05) is 17.8 Å². The van der Waals surface area contributed by atoms with Gasteiger partial charge < -0.3 is 0 Å². The molecule has 4 rings (SSSR count). The third kappa shape index (κ3) is 4.62. The maximum atomic E-state index is 4.21. The molecule has 0 fully saturated rings.